The molecule has 0 bridgehead atoms. The summed E-state index contributed by atoms with van der Waals surface area (Å²) in [6.07, 6.45) is 5.25. The first-order chi connectivity index (χ1) is 10.1. The van der Waals surface area contributed by atoms with Gasteiger partial charge in [-0.05, 0) is 32.7 Å². The average molecular weight is 422 g/mol. The zero-order valence-corrected chi connectivity index (χ0v) is 15.3. The van der Waals surface area contributed by atoms with E-state index in [9.17, 15) is 4.79 Å². The molecule has 7 nitrogen and oxygen atoms in total. The van der Waals surface area contributed by atoms with Crippen molar-refractivity contribution in [3.63, 3.8) is 0 Å². The van der Waals surface area contributed by atoms with Gasteiger partial charge in [0.1, 0.15) is 11.9 Å². The van der Waals surface area contributed by atoms with E-state index in [1.807, 2.05) is 6.20 Å². The molecule has 0 aromatic carbocycles. The van der Waals surface area contributed by atoms with E-state index >= 15 is 0 Å². The quantitative estimate of drug-likeness (QED) is 0.406. The number of unbranched alkanes of at least 4 members (excludes halogenated alkanes) is 1. The SMILES string of the molecule is COC(=O)C1=C(C)OC(Cn2cc(CCCCN)nn2)C1.I. The number of aryl methyl sites for hydroxylation is 1. The topological polar surface area (TPSA) is 92.3 Å². The number of hydrogen-bond acceptors (Lipinski definition) is 6. The van der Waals surface area contributed by atoms with E-state index in [0.717, 1.165) is 25.0 Å². The summed E-state index contributed by atoms with van der Waals surface area (Å²) in [7, 11) is 1.38. The van der Waals surface area contributed by atoms with Gasteiger partial charge in [0, 0.05) is 12.6 Å². The Balaban J connectivity index is 0.00000242. The van der Waals surface area contributed by atoms with E-state index in [0.29, 0.717) is 30.8 Å². The number of carbonyl (C=O) groups is 1. The molecule has 1 aromatic rings. The number of rotatable bonds is 7. The monoisotopic (exact) mass is 422 g/mol. The molecule has 1 aliphatic rings. The van der Waals surface area contributed by atoms with Crippen LogP contribution in [-0.4, -0.2) is 40.7 Å². The predicted molar refractivity (Wildman–Crippen MR) is 91.6 cm³/mol. The van der Waals surface area contributed by atoms with E-state index in [2.05, 4.69) is 10.3 Å². The zero-order valence-electron chi connectivity index (χ0n) is 12.9. The fourth-order valence-electron chi connectivity index (χ4n) is 2.39. The molecule has 1 unspecified atom stereocenters. The Morgan fingerprint density at radius 1 is 1.55 bits per heavy atom. The number of hydrogen-bond donors (Lipinski definition) is 1. The van der Waals surface area contributed by atoms with Crippen molar-refractivity contribution in [2.75, 3.05) is 13.7 Å². The second-order valence-electron chi connectivity index (χ2n) is 5.15. The van der Waals surface area contributed by atoms with Crippen LogP contribution in [0.5, 0.6) is 0 Å². The molecule has 0 saturated heterocycles. The Labute approximate surface area is 147 Å². The van der Waals surface area contributed by atoms with Crippen LogP contribution >= 0.6 is 24.0 Å². The maximum Gasteiger partial charge on any atom is 0.337 e. The van der Waals surface area contributed by atoms with Crippen molar-refractivity contribution in [1.82, 2.24) is 15.0 Å². The van der Waals surface area contributed by atoms with E-state index in [1.54, 1.807) is 11.6 Å². The summed E-state index contributed by atoms with van der Waals surface area (Å²) in [5, 5.41) is 8.22. The van der Waals surface area contributed by atoms with E-state index in [4.69, 9.17) is 15.2 Å². The van der Waals surface area contributed by atoms with Crippen LogP contribution in [-0.2, 0) is 27.2 Å². The van der Waals surface area contributed by atoms with Crippen LogP contribution in [0.25, 0.3) is 0 Å². The van der Waals surface area contributed by atoms with Crippen molar-refractivity contribution in [3.8, 4) is 0 Å². The van der Waals surface area contributed by atoms with Gasteiger partial charge in [0.25, 0.3) is 0 Å². The summed E-state index contributed by atoms with van der Waals surface area (Å²) in [5.74, 6) is 0.311. The number of methoxy groups -OCH3 is 1. The van der Waals surface area contributed by atoms with E-state index in [-0.39, 0.29) is 36.0 Å². The average Bonchev–Trinajstić information content (AvgIpc) is 3.05. The third-order valence-corrected chi connectivity index (χ3v) is 3.50. The predicted octanol–water partition coefficient (Wildman–Crippen LogP) is 1.41. The summed E-state index contributed by atoms with van der Waals surface area (Å²) in [5.41, 5.74) is 7.03. The first-order valence-electron chi connectivity index (χ1n) is 7.17. The molecule has 2 heterocycles. The highest BCUT2D eigenvalue weighted by molar-refractivity contribution is 14.0. The molecule has 1 aromatic heterocycles. The molecule has 0 fully saturated rings. The van der Waals surface area contributed by atoms with Crippen LogP contribution in [0.2, 0.25) is 0 Å². The molecule has 2 N–H and O–H groups in total. The Morgan fingerprint density at radius 2 is 2.32 bits per heavy atom. The number of halogens is 1. The number of nitrogens with two attached hydrogens (primary N) is 1. The lowest BCUT2D eigenvalue weighted by Crippen LogP contribution is -2.17. The maximum absolute atomic E-state index is 11.6. The summed E-state index contributed by atoms with van der Waals surface area (Å²) >= 11 is 0. The lowest BCUT2D eigenvalue weighted by atomic mass is 10.1. The molecule has 0 saturated carbocycles. The Bertz CT molecular complexity index is 530. The molecule has 22 heavy (non-hydrogen) atoms. The lowest BCUT2D eigenvalue weighted by Gasteiger charge is -2.10. The molecule has 8 heteroatoms. The van der Waals surface area contributed by atoms with Gasteiger partial charge < -0.3 is 15.2 Å². The van der Waals surface area contributed by atoms with Crippen LogP contribution in [0.3, 0.4) is 0 Å². The van der Waals surface area contributed by atoms with Gasteiger partial charge in [-0.1, -0.05) is 5.21 Å². The standard InChI is InChI=1S/C14H22N4O3.HI/c1-10-13(14(19)20-2)7-12(21-10)9-18-8-11(16-17-18)5-3-4-6-15;/h8,12H,3-7,9,15H2,1-2H3;1H. The fraction of sp³-hybridized carbons (Fsp3) is 0.643. The van der Waals surface area contributed by atoms with Crippen LogP contribution in [0.4, 0.5) is 0 Å². The molecular formula is C14H23IN4O3. The number of esters is 1. The first-order valence-corrected chi connectivity index (χ1v) is 7.17. The number of ether oxygens (including phenoxy) is 2. The highest BCUT2D eigenvalue weighted by Gasteiger charge is 2.28. The minimum Gasteiger partial charge on any atom is -0.492 e. The van der Waals surface area contributed by atoms with Crippen LogP contribution in [0.15, 0.2) is 17.5 Å². The van der Waals surface area contributed by atoms with Gasteiger partial charge in [-0.25, -0.2) is 9.48 Å². The number of allylic oxidation sites excluding steroid dienone is 1. The molecule has 1 atom stereocenters. The lowest BCUT2D eigenvalue weighted by molar-refractivity contribution is -0.136. The molecule has 0 radical (unpaired) electrons. The summed E-state index contributed by atoms with van der Waals surface area (Å²) in [6.45, 7) is 3.05. The summed E-state index contributed by atoms with van der Waals surface area (Å²) < 4.78 is 12.2. The van der Waals surface area contributed by atoms with Crippen LogP contribution < -0.4 is 5.73 Å². The Kier molecular flexibility index (Phi) is 7.80. The summed E-state index contributed by atoms with van der Waals surface area (Å²) in [6, 6.07) is 0. The van der Waals surface area contributed by atoms with Crippen molar-refractivity contribution in [2.45, 2.75) is 45.3 Å². The molecule has 124 valence electrons. The van der Waals surface area contributed by atoms with Crippen LogP contribution in [0, 0.1) is 0 Å². The molecule has 0 amide bonds. The highest BCUT2D eigenvalue weighted by atomic mass is 127. The Hall–Kier alpha value is -1.16. The summed E-state index contributed by atoms with van der Waals surface area (Å²) in [4.78, 5) is 11.6. The van der Waals surface area contributed by atoms with Crippen molar-refractivity contribution in [2.24, 2.45) is 5.73 Å². The van der Waals surface area contributed by atoms with Gasteiger partial charge in [0.05, 0.1) is 24.9 Å². The van der Waals surface area contributed by atoms with Gasteiger partial charge in [-0.3, -0.25) is 0 Å². The normalized spacial score (nSPS) is 17.1. The third kappa shape index (κ3) is 4.94. The molecule has 1 aliphatic heterocycles. The maximum atomic E-state index is 11.6. The minimum absolute atomic E-state index is 0. The van der Waals surface area contributed by atoms with Gasteiger partial charge in [0.15, 0.2) is 0 Å². The van der Waals surface area contributed by atoms with E-state index in [1.165, 1.54) is 7.11 Å². The fourth-order valence-corrected chi connectivity index (χ4v) is 2.39. The molecule has 0 spiro atoms. The zero-order chi connectivity index (χ0) is 15.2. The second-order valence-corrected chi connectivity index (χ2v) is 5.15. The first kappa shape index (κ1) is 18.9. The van der Waals surface area contributed by atoms with Gasteiger partial charge in [0.2, 0.25) is 0 Å². The smallest absolute Gasteiger partial charge is 0.337 e. The Morgan fingerprint density at radius 3 is 3.00 bits per heavy atom. The van der Waals surface area contributed by atoms with Crippen molar-refractivity contribution < 1.29 is 14.3 Å². The second kappa shape index (κ2) is 9.09. The molecule has 0 aliphatic carbocycles. The van der Waals surface area contributed by atoms with Gasteiger partial charge in [-0.2, -0.15) is 0 Å². The van der Waals surface area contributed by atoms with Crippen molar-refractivity contribution >= 4 is 29.9 Å². The van der Waals surface area contributed by atoms with Crippen LogP contribution in [0.1, 0.15) is 31.9 Å². The minimum atomic E-state index is -0.323. The van der Waals surface area contributed by atoms with Gasteiger partial charge >= 0.3 is 5.97 Å². The number of aromatic nitrogens is 3. The largest absolute Gasteiger partial charge is 0.492 e. The molecule has 2 rings (SSSR count). The molecular weight excluding hydrogens is 399 g/mol. The van der Waals surface area contributed by atoms with Gasteiger partial charge in [-0.15, -0.1) is 29.1 Å². The number of carbonyl (C=O) groups excluding carboxylic acids is 1. The number of nitrogens with zero attached hydrogens (tertiary/aromatic N) is 3. The van der Waals surface area contributed by atoms with Crippen molar-refractivity contribution in [1.29, 1.82) is 0 Å². The highest BCUT2D eigenvalue weighted by Crippen LogP contribution is 2.26. The van der Waals surface area contributed by atoms with Crippen molar-refractivity contribution in [3.05, 3.63) is 23.2 Å². The van der Waals surface area contributed by atoms with E-state index < -0.39 is 0 Å². The third-order valence-electron chi connectivity index (χ3n) is 3.50.